The number of nitrogens with zero attached hydrogens (tertiary/aromatic N) is 6. The maximum absolute atomic E-state index is 14.0. The zero-order chi connectivity index (χ0) is 26.2. The van der Waals surface area contributed by atoms with Crippen LogP contribution in [0.15, 0.2) is 78.9 Å². The van der Waals surface area contributed by atoms with Gasteiger partial charge in [0.2, 0.25) is 5.95 Å². The first-order chi connectivity index (χ1) is 18.5. The second kappa shape index (κ2) is 9.83. The number of anilines is 2. The van der Waals surface area contributed by atoms with Gasteiger partial charge in [-0.1, -0.05) is 36.4 Å². The Bertz CT molecular complexity index is 1580. The first kappa shape index (κ1) is 24.0. The van der Waals surface area contributed by atoms with E-state index in [4.69, 9.17) is 15.7 Å². The number of hydrogen-bond acceptors (Lipinski definition) is 6. The molecule has 9 heteroatoms. The summed E-state index contributed by atoms with van der Waals surface area (Å²) in [4.78, 5) is 14.3. The summed E-state index contributed by atoms with van der Waals surface area (Å²) in [6.45, 7) is 5.41. The topological polar surface area (TPSA) is 76.1 Å². The van der Waals surface area contributed by atoms with Crippen molar-refractivity contribution in [1.82, 2.24) is 24.6 Å². The molecular formula is C29H27F2N7. The lowest BCUT2D eigenvalue weighted by Crippen LogP contribution is -2.47. The van der Waals surface area contributed by atoms with Crippen LogP contribution in [0.3, 0.4) is 0 Å². The number of benzene rings is 3. The number of fused-ring (bicyclic) bond motifs is 1. The molecule has 7 nitrogen and oxygen atoms in total. The lowest BCUT2D eigenvalue weighted by molar-refractivity contribution is 0.198. The number of hydrogen-bond donors (Lipinski definition) is 1. The predicted molar refractivity (Wildman–Crippen MR) is 145 cm³/mol. The Morgan fingerprint density at radius 3 is 2.26 bits per heavy atom. The molecule has 1 aliphatic heterocycles. The Morgan fingerprint density at radius 1 is 0.816 bits per heavy atom. The van der Waals surface area contributed by atoms with Crippen LogP contribution in [0.25, 0.3) is 28.0 Å². The van der Waals surface area contributed by atoms with Gasteiger partial charge in [-0.3, -0.25) is 4.90 Å². The van der Waals surface area contributed by atoms with Gasteiger partial charge in [-0.15, -0.1) is 5.10 Å². The molecule has 2 N–H and O–H groups in total. The maximum atomic E-state index is 14.0. The van der Waals surface area contributed by atoms with Crippen LogP contribution in [0.1, 0.15) is 18.5 Å². The minimum absolute atomic E-state index is 0.290. The molecule has 3 heterocycles. The fourth-order valence-corrected chi connectivity index (χ4v) is 5.01. The van der Waals surface area contributed by atoms with E-state index in [1.807, 2.05) is 6.07 Å². The zero-order valence-electron chi connectivity index (χ0n) is 20.9. The van der Waals surface area contributed by atoms with Crippen LogP contribution < -0.4 is 10.6 Å². The summed E-state index contributed by atoms with van der Waals surface area (Å²) in [5, 5.41) is 5.17. The van der Waals surface area contributed by atoms with Crippen molar-refractivity contribution in [3.8, 4) is 16.9 Å². The number of piperazine rings is 1. The summed E-state index contributed by atoms with van der Waals surface area (Å²) >= 11 is 0. The van der Waals surface area contributed by atoms with Gasteiger partial charge in [0, 0.05) is 37.8 Å². The first-order valence-corrected chi connectivity index (χ1v) is 12.6. The summed E-state index contributed by atoms with van der Waals surface area (Å²) in [6, 6.07) is 22.9. The van der Waals surface area contributed by atoms with Crippen molar-refractivity contribution in [2.75, 3.05) is 36.8 Å². The molecule has 38 heavy (non-hydrogen) atoms. The van der Waals surface area contributed by atoms with Crippen LogP contribution in [-0.2, 0) is 0 Å². The van der Waals surface area contributed by atoms with Gasteiger partial charge in [0.1, 0.15) is 17.5 Å². The molecular weight excluding hydrogens is 484 g/mol. The van der Waals surface area contributed by atoms with E-state index >= 15 is 0 Å². The average molecular weight is 512 g/mol. The fraction of sp³-hybridized carbons (Fsp3) is 0.207. The van der Waals surface area contributed by atoms with Gasteiger partial charge in [0.05, 0.1) is 16.8 Å². The molecule has 5 aromatic rings. The van der Waals surface area contributed by atoms with Crippen LogP contribution in [-0.4, -0.2) is 50.8 Å². The SMILES string of the molecule is C[C@@H](c1ccccc1)N1CCN(c2nc(-c3ccc(F)cc3)c3c(N)n(-c4cccc(F)c4)nc3n2)CC1. The largest absolute Gasteiger partial charge is 0.383 e. The van der Waals surface area contributed by atoms with Crippen molar-refractivity contribution in [1.29, 1.82) is 0 Å². The minimum atomic E-state index is -0.394. The Balaban J connectivity index is 1.37. The molecule has 0 bridgehead atoms. The van der Waals surface area contributed by atoms with Gasteiger partial charge < -0.3 is 10.6 Å². The summed E-state index contributed by atoms with van der Waals surface area (Å²) in [7, 11) is 0. The summed E-state index contributed by atoms with van der Waals surface area (Å²) in [5.74, 6) is 0.0895. The van der Waals surface area contributed by atoms with Crippen molar-refractivity contribution >= 4 is 22.8 Å². The monoisotopic (exact) mass is 511 g/mol. The number of aromatic nitrogens is 4. The molecule has 192 valence electrons. The third-order valence-corrected chi connectivity index (χ3v) is 7.15. The second-order valence-corrected chi connectivity index (χ2v) is 9.46. The highest BCUT2D eigenvalue weighted by atomic mass is 19.1. The van der Waals surface area contributed by atoms with E-state index in [1.54, 1.807) is 24.3 Å². The van der Waals surface area contributed by atoms with Crippen LogP contribution >= 0.6 is 0 Å². The smallest absolute Gasteiger partial charge is 0.228 e. The highest BCUT2D eigenvalue weighted by molar-refractivity contribution is 5.99. The molecule has 0 unspecified atom stereocenters. The first-order valence-electron chi connectivity index (χ1n) is 12.6. The Morgan fingerprint density at radius 2 is 1.55 bits per heavy atom. The van der Waals surface area contributed by atoms with Crippen molar-refractivity contribution in [2.45, 2.75) is 13.0 Å². The Labute approximate surface area is 219 Å². The highest BCUT2D eigenvalue weighted by Crippen LogP contribution is 2.34. The zero-order valence-corrected chi connectivity index (χ0v) is 20.9. The average Bonchev–Trinajstić information content (AvgIpc) is 3.29. The fourth-order valence-electron chi connectivity index (χ4n) is 5.01. The summed E-state index contributed by atoms with van der Waals surface area (Å²) in [6.07, 6.45) is 0. The van der Waals surface area contributed by atoms with Gasteiger partial charge in [0.25, 0.3) is 0 Å². The Kier molecular flexibility index (Phi) is 6.21. The molecule has 1 aliphatic rings. The van der Waals surface area contributed by atoms with E-state index in [0.717, 1.165) is 26.2 Å². The third kappa shape index (κ3) is 4.45. The van der Waals surface area contributed by atoms with E-state index in [-0.39, 0.29) is 11.6 Å². The predicted octanol–water partition coefficient (Wildman–Crippen LogP) is 5.23. The van der Waals surface area contributed by atoms with Crippen molar-refractivity contribution in [3.05, 3.63) is 96.1 Å². The van der Waals surface area contributed by atoms with Gasteiger partial charge in [-0.2, -0.15) is 4.98 Å². The number of halogens is 2. The lowest BCUT2D eigenvalue weighted by Gasteiger charge is -2.38. The van der Waals surface area contributed by atoms with Crippen molar-refractivity contribution in [3.63, 3.8) is 0 Å². The molecule has 0 spiro atoms. The molecule has 1 saturated heterocycles. The molecule has 1 atom stereocenters. The second-order valence-electron chi connectivity index (χ2n) is 9.46. The molecule has 0 radical (unpaired) electrons. The Hall–Kier alpha value is -4.37. The van der Waals surface area contributed by atoms with Gasteiger partial charge >= 0.3 is 0 Å². The van der Waals surface area contributed by atoms with E-state index in [2.05, 4.69) is 46.1 Å². The highest BCUT2D eigenvalue weighted by Gasteiger charge is 2.26. The molecule has 2 aromatic heterocycles. The van der Waals surface area contributed by atoms with Gasteiger partial charge in [-0.25, -0.2) is 18.4 Å². The van der Waals surface area contributed by atoms with Crippen molar-refractivity contribution < 1.29 is 8.78 Å². The van der Waals surface area contributed by atoms with E-state index in [9.17, 15) is 8.78 Å². The minimum Gasteiger partial charge on any atom is -0.383 e. The van der Waals surface area contributed by atoms with Crippen LogP contribution in [0, 0.1) is 11.6 Å². The number of rotatable bonds is 5. The van der Waals surface area contributed by atoms with E-state index in [1.165, 1.54) is 34.5 Å². The van der Waals surface area contributed by atoms with E-state index < -0.39 is 5.82 Å². The molecule has 3 aromatic carbocycles. The number of nitrogen functional groups attached to an aromatic ring is 1. The summed E-state index contributed by atoms with van der Waals surface area (Å²) < 4.78 is 29.2. The molecule has 0 aliphatic carbocycles. The van der Waals surface area contributed by atoms with E-state index in [0.29, 0.717) is 40.0 Å². The standard InChI is InChI=1S/C29H27F2N7/c1-19(20-6-3-2-4-7-20)36-14-16-37(17-15-36)29-33-26(21-10-12-22(30)13-11-21)25-27(32)38(35-28(25)34-29)24-9-5-8-23(31)18-24/h2-13,18-19H,14-17,32H2,1H3/t19-/m0/s1. The third-order valence-electron chi connectivity index (χ3n) is 7.15. The number of nitrogens with two attached hydrogens (primary N) is 1. The van der Waals surface area contributed by atoms with Crippen LogP contribution in [0.5, 0.6) is 0 Å². The molecule has 6 rings (SSSR count). The van der Waals surface area contributed by atoms with Gasteiger partial charge in [0.15, 0.2) is 5.65 Å². The lowest BCUT2D eigenvalue weighted by atomic mass is 10.1. The molecule has 1 fully saturated rings. The summed E-state index contributed by atoms with van der Waals surface area (Å²) in [5.41, 5.74) is 9.95. The molecule has 0 amide bonds. The quantitative estimate of drug-likeness (QED) is 0.349. The van der Waals surface area contributed by atoms with Crippen molar-refractivity contribution in [2.24, 2.45) is 0 Å². The van der Waals surface area contributed by atoms with Gasteiger partial charge in [-0.05, 0) is 55.0 Å². The van der Waals surface area contributed by atoms with Crippen LogP contribution in [0.2, 0.25) is 0 Å². The normalized spacial score (nSPS) is 15.2. The molecule has 0 saturated carbocycles. The maximum Gasteiger partial charge on any atom is 0.228 e. The van der Waals surface area contributed by atoms with Crippen LogP contribution in [0.4, 0.5) is 20.5 Å².